The van der Waals surface area contributed by atoms with E-state index in [4.69, 9.17) is 4.74 Å². The number of hydrogen-bond acceptors (Lipinski definition) is 5. The molecule has 1 amide bonds. The van der Waals surface area contributed by atoms with Gasteiger partial charge in [-0.2, -0.15) is 5.10 Å². The number of anilines is 1. The summed E-state index contributed by atoms with van der Waals surface area (Å²) >= 11 is 0. The molecule has 0 saturated carbocycles. The Morgan fingerprint density at radius 2 is 1.70 bits per heavy atom. The summed E-state index contributed by atoms with van der Waals surface area (Å²) in [4.78, 5) is 18.6. The van der Waals surface area contributed by atoms with Gasteiger partial charge in [-0.25, -0.2) is 9.67 Å². The lowest BCUT2D eigenvalue weighted by atomic mass is 10.1. The second kappa shape index (κ2) is 8.01. The van der Waals surface area contributed by atoms with Crippen LogP contribution >= 0.6 is 0 Å². The topological polar surface area (TPSA) is 72.3 Å². The zero-order valence-corrected chi connectivity index (χ0v) is 14.9. The number of ether oxygens (including phenoxy) is 1. The zero-order valence-electron chi connectivity index (χ0n) is 14.9. The van der Waals surface area contributed by atoms with Crippen LogP contribution in [0.4, 0.5) is 5.69 Å². The number of morpholine rings is 1. The molecule has 0 atom stereocenters. The number of carbonyl (C=O) groups excluding carboxylic acids is 1. The van der Waals surface area contributed by atoms with E-state index in [0.717, 1.165) is 43.2 Å². The molecule has 1 fully saturated rings. The van der Waals surface area contributed by atoms with Gasteiger partial charge in [0.15, 0.2) is 0 Å². The highest BCUT2D eigenvalue weighted by Crippen LogP contribution is 2.17. The van der Waals surface area contributed by atoms with Crippen LogP contribution in [-0.4, -0.2) is 47.0 Å². The van der Waals surface area contributed by atoms with E-state index in [0.29, 0.717) is 12.1 Å². The smallest absolute Gasteiger partial charge is 0.251 e. The summed E-state index contributed by atoms with van der Waals surface area (Å²) in [6.45, 7) is 3.74. The van der Waals surface area contributed by atoms with Crippen LogP contribution in [0, 0.1) is 0 Å². The lowest BCUT2D eigenvalue weighted by molar-refractivity contribution is 0.0951. The van der Waals surface area contributed by atoms with Crippen molar-refractivity contribution in [2.45, 2.75) is 6.54 Å². The number of aromatic nitrogens is 3. The molecule has 2 heterocycles. The minimum absolute atomic E-state index is 0.0797. The van der Waals surface area contributed by atoms with E-state index >= 15 is 0 Å². The Morgan fingerprint density at radius 1 is 1.00 bits per heavy atom. The number of nitrogens with one attached hydrogen (secondary N) is 1. The van der Waals surface area contributed by atoms with Crippen molar-refractivity contribution in [1.82, 2.24) is 20.1 Å². The maximum atomic E-state index is 12.4. The van der Waals surface area contributed by atoms with Gasteiger partial charge in [-0.3, -0.25) is 4.79 Å². The summed E-state index contributed by atoms with van der Waals surface area (Å²) < 4.78 is 7.06. The Labute approximate surface area is 157 Å². The average molecular weight is 363 g/mol. The first-order valence-electron chi connectivity index (χ1n) is 8.94. The van der Waals surface area contributed by atoms with Gasteiger partial charge in [-0.15, -0.1) is 0 Å². The van der Waals surface area contributed by atoms with Crippen molar-refractivity contribution >= 4 is 11.6 Å². The lowest BCUT2D eigenvalue weighted by Crippen LogP contribution is -2.36. The van der Waals surface area contributed by atoms with Crippen molar-refractivity contribution in [2.24, 2.45) is 0 Å². The molecule has 1 N–H and O–H groups in total. The highest BCUT2D eigenvalue weighted by molar-refractivity contribution is 5.94. The fourth-order valence-corrected chi connectivity index (χ4v) is 3.04. The van der Waals surface area contributed by atoms with Crippen LogP contribution in [0.3, 0.4) is 0 Å². The summed E-state index contributed by atoms with van der Waals surface area (Å²) in [6, 6.07) is 15.6. The van der Waals surface area contributed by atoms with E-state index in [1.54, 1.807) is 11.0 Å². The molecule has 138 valence electrons. The molecule has 4 rings (SSSR count). The number of carbonyl (C=O) groups is 1. The molecule has 0 aliphatic carbocycles. The van der Waals surface area contributed by atoms with Crippen molar-refractivity contribution in [3.63, 3.8) is 0 Å². The van der Waals surface area contributed by atoms with Crippen molar-refractivity contribution < 1.29 is 9.53 Å². The van der Waals surface area contributed by atoms with E-state index in [1.165, 1.54) is 6.33 Å². The molecule has 0 radical (unpaired) electrons. The normalized spacial score (nSPS) is 14.1. The van der Waals surface area contributed by atoms with Gasteiger partial charge in [0, 0.05) is 30.9 Å². The Bertz CT molecular complexity index is 870. The van der Waals surface area contributed by atoms with Crippen LogP contribution < -0.4 is 10.2 Å². The Morgan fingerprint density at radius 3 is 2.37 bits per heavy atom. The molecule has 2 aromatic carbocycles. The molecule has 0 unspecified atom stereocenters. The van der Waals surface area contributed by atoms with Crippen LogP contribution in [0.15, 0.2) is 61.2 Å². The molecule has 3 aromatic rings. The monoisotopic (exact) mass is 363 g/mol. The first-order chi connectivity index (χ1) is 13.3. The van der Waals surface area contributed by atoms with Crippen LogP contribution in [-0.2, 0) is 11.3 Å². The molecule has 1 aliphatic rings. The van der Waals surface area contributed by atoms with E-state index < -0.39 is 0 Å². The van der Waals surface area contributed by atoms with Crippen molar-refractivity contribution in [1.29, 1.82) is 0 Å². The first kappa shape index (κ1) is 17.2. The average Bonchev–Trinajstić information content (AvgIpc) is 3.28. The van der Waals surface area contributed by atoms with Crippen LogP contribution in [0.5, 0.6) is 0 Å². The zero-order chi connectivity index (χ0) is 18.5. The Kier molecular flexibility index (Phi) is 5.11. The van der Waals surface area contributed by atoms with Crippen LogP contribution in [0.25, 0.3) is 5.69 Å². The van der Waals surface area contributed by atoms with Crippen molar-refractivity contribution in [3.8, 4) is 5.69 Å². The molecule has 7 heteroatoms. The molecule has 1 saturated heterocycles. The lowest BCUT2D eigenvalue weighted by Gasteiger charge is -2.28. The van der Waals surface area contributed by atoms with Gasteiger partial charge >= 0.3 is 0 Å². The maximum absolute atomic E-state index is 12.4. The highest BCUT2D eigenvalue weighted by atomic mass is 16.5. The molecule has 0 bridgehead atoms. The molecule has 7 nitrogen and oxygen atoms in total. The number of nitrogens with zero attached hydrogens (tertiary/aromatic N) is 4. The summed E-state index contributed by atoms with van der Waals surface area (Å²) in [7, 11) is 0. The van der Waals surface area contributed by atoms with Gasteiger partial charge in [0.2, 0.25) is 0 Å². The summed E-state index contributed by atoms with van der Waals surface area (Å²) in [6.07, 6.45) is 3.15. The van der Waals surface area contributed by atoms with Crippen LogP contribution in [0.2, 0.25) is 0 Å². The summed E-state index contributed by atoms with van der Waals surface area (Å²) in [5.74, 6) is -0.0797. The minimum atomic E-state index is -0.0797. The van der Waals surface area contributed by atoms with Gasteiger partial charge in [-0.1, -0.05) is 12.1 Å². The molecular weight excluding hydrogens is 342 g/mol. The highest BCUT2D eigenvalue weighted by Gasteiger charge is 2.12. The first-order valence-corrected chi connectivity index (χ1v) is 8.94. The minimum Gasteiger partial charge on any atom is -0.378 e. The van der Waals surface area contributed by atoms with E-state index in [9.17, 15) is 4.79 Å². The maximum Gasteiger partial charge on any atom is 0.251 e. The largest absolute Gasteiger partial charge is 0.378 e. The standard InChI is InChI=1S/C20H21N5O2/c26-20(17-3-7-18(8-4-17)24-9-11-27-12-10-24)22-13-16-1-5-19(6-2-16)25-15-21-14-23-25/h1-8,14-15H,9-13H2,(H,22,26). The number of amides is 1. The molecule has 0 spiro atoms. The number of rotatable bonds is 5. The van der Waals surface area contributed by atoms with E-state index in [-0.39, 0.29) is 5.91 Å². The Balaban J connectivity index is 1.33. The second-order valence-corrected chi connectivity index (χ2v) is 6.34. The quantitative estimate of drug-likeness (QED) is 0.751. The van der Waals surface area contributed by atoms with Gasteiger partial charge in [0.25, 0.3) is 5.91 Å². The van der Waals surface area contributed by atoms with Crippen LogP contribution in [0.1, 0.15) is 15.9 Å². The number of benzene rings is 2. The molecular formula is C20H21N5O2. The predicted octanol–water partition coefficient (Wildman–Crippen LogP) is 2.03. The number of hydrogen-bond donors (Lipinski definition) is 1. The third-order valence-corrected chi connectivity index (χ3v) is 4.58. The van der Waals surface area contributed by atoms with Crippen molar-refractivity contribution in [2.75, 3.05) is 31.2 Å². The SMILES string of the molecule is O=C(NCc1ccc(-n2cncn2)cc1)c1ccc(N2CCOCC2)cc1. The molecule has 1 aromatic heterocycles. The van der Waals surface area contributed by atoms with E-state index in [1.807, 2.05) is 48.5 Å². The second-order valence-electron chi connectivity index (χ2n) is 6.34. The van der Waals surface area contributed by atoms with E-state index in [2.05, 4.69) is 20.3 Å². The van der Waals surface area contributed by atoms with Gasteiger partial charge in [0.05, 0.1) is 18.9 Å². The summed E-state index contributed by atoms with van der Waals surface area (Å²) in [5.41, 5.74) is 3.74. The third kappa shape index (κ3) is 4.15. The summed E-state index contributed by atoms with van der Waals surface area (Å²) in [5, 5.41) is 7.06. The fraction of sp³-hybridized carbons (Fsp3) is 0.250. The van der Waals surface area contributed by atoms with Crippen molar-refractivity contribution in [3.05, 3.63) is 72.3 Å². The third-order valence-electron chi connectivity index (χ3n) is 4.58. The van der Waals surface area contributed by atoms with Gasteiger partial charge < -0.3 is 15.0 Å². The molecule has 1 aliphatic heterocycles. The molecule has 27 heavy (non-hydrogen) atoms. The Hall–Kier alpha value is -3.19. The van der Waals surface area contributed by atoms with Gasteiger partial charge in [-0.05, 0) is 42.0 Å². The fourth-order valence-electron chi connectivity index (χ4n) is 3.04. The predicted molar refractivity (Wildman–Crippen MR) is 102 cm³/mol. The van der Waals surface area contributed by atoms with Gasteiger partial charge in [0.1, 0.15) is 12.7 Å².